The summed E-state index contributed by atoms with van der Waals surface area (Å²) in [5.41, 5.74) is 1.25. The van der Waals surface area contributed by atoms with Gasteiger partial charge in [0.25, 0.3) is 5.56 Å². The molecule has 1 aromatic carbocycles. The number of fused-ring (bicyclic) bond motifs is 1. The number of aromatic amines is 1. The Balaban J connectivity index is 1.41. The van der Waals surface area contributed by atoms with Crippen LogP contribution in [0, 0.1) is 5.92 Å². The maximum Gasteiger partial charge on any atom is 0.261 e. The summed E-state index contributed by atoms with van der Waals surface area (Å²) in [6.07, 6.45) is 3.88. The van der Waals surface area contributed by atoms with Gasteiger partial charge in [0.1, 0.15) is 5.39 Å². The maximum absolute atomic E-state index is 12.9. The summed E-state index contributed by atoms with van der Waals surface area (Å²) in [5.74, 6) is 1.08. The van der Waals surface area contributed by atoms with Crippen LogP contribution in [0.1, 0.15) is 19.8 Å². The summed E-state index contributed by atoms with van der Waals surface area (Å²) < 4.78 is 34.6. The number of sulfonamides is 1. The largest absolute Gasteiger partial charge is 0.376 e. The van der Waals surface area contributed by atoms with E-state index in [9.17, 15) is 13.2 Å². The SMILES string of the molecule is C[C@H]1CN(S(=O)(=O)c2ccc(Nc3nn(CC4CC4)c4cc[nH]c(=O)c34)cc2)CCO1. The molecule has 9 nitrogen and oxygen atoms in total. The fourth-order valence-electron chi connectivity index (χ4n) is 3.91. The zero-order valence-electron chi connectivity index (χ0n) is 17.2. The van der Waals surface area contributed by atoms with Crippen LogP contribution in [-0.4, -0.2) is 53.3 Å². The summed E-state index contributed by atoms with van der Waals surface area (Å²) >= 11 is 0. The number of hydrogen-bond acceptors (Lipinski definition) is 6. The second kappa shape index (κ2) is 7.77. The predicted molar refractivity (Wildman–Crippen MR) is 117 cm³/mol. The highest BCUT2D eigenvalue weighted by molar-refractivity contribution is 7.89. The molecule has 1 atom stereocenters. The van der Waals surface area contributed by atoms with Crippen LogP contribution in [-0.2, 0) is 21.3 Å². The van der Waals surface area contributed by atoms with E-state index in [1.807, 2.05) is 17.7 Å². The van der Waals surface area contributed by atoms with Gasteiger partial charge in [-0.05, 0) is 56.0 Å². The number of nitrogens with one attached hydrogen (secondary N) is 2. The van der Waals surface area contributed by atoms with Crippen molar-refractivity contribution in [2.24, 2.45) is 5.92 Å². The monoisotopic (exact) mass is 443 g/mol. The summed E-state index contributed by atoms with van der Waals surface area (Å²) in [5, 5.41) is 8.31. The Morgan fingerprint density at radius 3 is 2.71 bits per heavy atom. The first kappa shape index (κ1) is 20.2. The number of nitrogens with zero attached hydrogens (tertiary/aromatic N) is 3. The number of ether oxygens (including phenoxy) is 1. The number of rotatable bonds is 6. The predicted octanol–water partition coefficient (Wildman–Crippen LogP) is 2.29. The van der Waals surface area contributed by atoms with Gasteiger partial charge in [-0.2, -0.15) is 9.40 Å². The third-order valence-corrected chi connectivity index (χ3v) is 7.64. The Bertz CT molecular complexity index is 1260. The highest BCUT2D eigenvalue weighted by Crippen LogP contribution is 2.32. The van der Waals surface area contributed by atoms with Gasteiger partial charge in [0.15, 0.2) is 5.82 Å². The van der Waals surface area contributed by atoms with Crippen molar-refractivity contribution in [3.05, 3.63) is 46.9 Å². The molecule has 164 valence electrons. The van der Waals surface area contributed by atoms with E-state index in [4.69, 9.17) is 4.74 Å². The van der Waals surface area contributed by atoms with E-state index in [1.165, 1.54) is 17.1 Å². The summed E-state index contributed by atoms with van der Waals surface area (Å²) in [7, 11) is -3.58. The molecule has 3 heterocycles. The van der Waals surface area contributed by atoms with Gasteiger partial charge < -0.3 is 15.0 Å². The minimum absolute atomic E-state index is 0.124. The molecule has 0 radical (unpaired) electrons. The summed E-state index contributed by atoms with van der Waals surface area (Å²) in [6.45, 7) is 3.74. The van der Waals surface area contributed by atoms with Crippen LogP contribution in [0.4, 0.5) is 11.5 Å². The smallest absolute Gasteiger partial charge is 0.261 e. The van der Waals surface area contributed by atoms with Crippen LogP contribution in [0.25, 0.3) is 10.9 Å². The van der Waals surface area contributed by atoms with Crippen molar-refractivity contribution in [1.82, 2.24) is 19.1 Å². The van der Waals surface area contributed by atoms with E-state index in [2.05, 4.69) is 15.4 Å². The topological polar surface area (TPSA) is 109 Å². The fraction of sp³-hybridized carbons (Fsp3) is 0.429. The molecule has 1 aliphatic carbocycles. The summed E-state index contributed by atoms with van der Waals surface area (Å²) in [6, 6.07) is 8.40. The highest BCUT2D eigenvalue weighted by Gasteiger charge is 2.29. The van der Waals surface area contributed by atoms with Gasteiger partial charge in [0.2, 0.25) is 10.0 Å². The Morgan fingerprint density at radius 2 is 2.00 bits per heavy atom. The van der Waals surface area contributed by atoms with E-state index < -0.39 is 10.0 Å². The lowest BCUT2D eigenvalue weighted by Gasteiger charge is -2.30. The third kappa shape index (κ3) is 3.98. The van der Waals surface area contributed by atoms with Crippen molar-refractivity contribution in [3.63, 3.8) is 0 Å². The van der Waals surface area contributed by atoms with Gasteiger partial charge >= 0.3 is 0 Å². The average molecular weight is 444 g/mol. The zero-order valence-corrected chi connectivity index (χ0v) is 18.1. The second-order valence-corrected chi connectivity index (χ2v) is 10.2. The minimum Gasteiger partial charge on any atom is -0.376 e. The Kier molecular flexibility index (Phi) is 5.07. The molecule has 10 heteroatoms. The number of hydrogen-bond donors (Lipinski definition) is 2. The van der Waals surface area contributed by atoms with Crippen molar-refractivity contribution in [2.75, 3.05) is 25.0 Å². The van der Waals surface area contributed by atoms with E-state index in [0.29, 0.717) is 42.5 Å². The van der Waals surface area contributed by atoms with Crippen molar-refractivity contribution < 1.29 is 13.2 Å². The van der Waals surface area contributed by atoms with Crippen molar-refractivity contribution >= 4 is 32.4 Å². The lowest BCUT2D eigenvalue weighted by Crippen LogP contribution is -2.44. The lowest BCUT2D eigenvalue weighted by atomic mass is 10.3. The minimum atomic E-state index is -3.58. The first-order valence-corrected chi connectivity index (χ1v) is 11.9. The van der Waals surface area contributed by atoms with Crippen LogP contribution in [0.2, 0.25) is 0 Å². The molecule has 1 aliphatic heterocycles. The van der Waals surface area contributed by atoms with Crippen LogP contribution in [0.15, 0.2) is 46.2 Å². The standard InChI is InChI=1S/C21H25N5O4S/c1-14-12-25(10-11-30-14)31(28,29)17-6-4-16(5-7-17)23-20-19-18(8-9-22-21(19)27)26(24-20)13-15-2-3-15/h4-9,14-15H,2-3,10-13H2,1H3,(H,22,27)(H,23,24)/t14-/m0/s1. The molecular weight excluding hydrogens is 418 g/mol. The van der Waals surface area contributed by atoms with E-state index in [1.54, 1.807) is 30.5 Å². The number of aromatic nitrogens is 3. The molecule has 0 amide bonds. The molecule has 2 N–H and O–H groups in total. The number of H-pyrrole nitrogens is 1. The third-order valence-electron chi connectivity index (χ3n) is 5.76. The molecule has 1 saturated heterocycles. The average Bonchev–Trinajstić information content (AvgIpc) is 3.50. The molecule has 0 unspecified atom stereocenters. The van der Waals surface area contributed by atoms with Crippen LogP contribution >= 0.6 is 0 Å². The second-order valence-electron chi connectivity index (χ2n) is 8.23. The molecule has 5 rings (SSSR count). The Hall–Kier alpha value is -2.69. The molecular formula is C21H25N5O4S. The van der Waals surface area contributed by atoms with Gasteiger partial charge in [-0.25, -0.2) is 8.42 Å². The Labute approximate surface area is 180 Å². The van der Waals surface area contributed by atoms with Crippen molar-refractivity contribution in [1.29, 1.82) is 0 Å². The van der Waals surface area contributed by atoms with E-state index >= 15 is 0 Å². The highest BCUT2D eigenvalue weighted by atomic mass is 32.2. The summed E-state index contributed by atoms with van der Waals surface area (Å²) in [4.78, 5) is 15.4. The van der Waals surface area contributed by atoms with Gasteiger partial charge in [-0.3, -0.25) is 9.48 Å². The number of morpholine rings is 1. The number of pyridine rings is 1. The Morgan fingerprint density at radius 1 is 1.23 bits per heavy atom. The molecule has 2 aromatic heterocycles. The maximum atomic E-state index is 12.9. The molecule has 31 heavy (non-hydrogen) atoms. The van der Waals surface area contributed by atoms with Crippen molar-refractivity contribution in [3.8, 4) is 0 Å². The molecule has 0 bridgehead atoms. The normalized spacial score (nSPS) is 20.2. The first-order chi connectivity index (χ1) is 14.9. The van der Waals surface area contributed by atoms with Crippen LogP contribution < -0.4 is 10.9 Å². The van der Waals surface area contributed by atoms with Crippen molar-refractivity contribution in [2.45, 2.75) is 37.3 Å². The molecule has 2 aliphatic rings. The van der Waals surface area contributed by atoms with Crippen LogP contribution in [0.3, 0.4) is 0 Å². The first-order valence-electron chi connectivity index (χ1n) is 10.5. The lowest BCUT2D eigenvalue weighted by molar-refractivity contribution is 0.0102. The quantitative estimate of drug-likeness (QED) is 0.605. The van der Waals surface area contributed by atoms with E-state index in [-0.39, 0.29) is 16.6 Å². The van der Waals surface area contributed by atoms with Gasteiger partial charge in [0.05, 0.1) is 23.1 Å². The molecule has 3 aromatic rings. The van der Waals surface area contributed by atoms with E-state index in [0.717, 1.165) is 12.1 Å². The number of anilines is 2. The van der Waals surface area contributed by atoms with Gasteiger partial charge in [-0.15, -0.1) is 0 Å². The molecule has 0 spiro atoms. The molecule has 2 fully saturated rings. The fourth-order valence-corrected chi connectivity index (χ4v) is 5.41. The molecule has 1 saturated carbocycles. The van der Waals surface area contributed by atoms with Gasteiger partial charge in [0, 0.05) is 31.5 Å². The zero-order chi connectivity index (χ0) is 21.6. The van der Waals surface area contributed by atoms with Crippen LogP contribution in [0.5, 0.6) is 0 Å². The van der Waals surface area contributed by atoms with Gasteiger partial charge in [-0.1, -0.05) is 0 Å². The number of benzene rings is 1.